The van der Waals surface area contributed by atoms with Crippen LogP contribution in [-0.4, -0.2) is 4.98 Å². The number of pyridine rings is 1. The van der Waals surface area contributed by atoms with Gasteiger partial charge in [0.05, 0.1) is 0 Å². The van der Waals surface area contributed by atoms with E-state index in [0.29, 0.717) is 5.82 Å². The molecule has 0 atom stereocenters. The molecule has 88 valence electrons. The number of aromatic nitrogens is 1. The quantitative estimate of drug-likeness (QED) is 0.675. The Kier molecular flexibility index (Phi) is 3.55. The van der Waals surface area contributed by atoms with Crippen LogP contribution in [0.1, 0.15) is 0 Å². The number of nitrogens with one attached hydrogen (secondary N) is 1. The van der Waals surface area contributed by atoms with E-state index in [-0.39, 0.29) is 11.6 Å². The predicted octanol–water partition coefficient (Wildman–Crippen LogP) is 3.06. The molecule has 0 saturated carbocycles. The zero-order valence-electron chi connectivity index (χ0n) is 8.65. The standard InChI is InChI=1S/C11H9BrFN3O/c12-7-4-5-8(13)9(6-7)17-11-3-1-2-10(15-11)16-14/h1-6H,14H2,(H,15,16). The molecule has 2 aromatic rings. The van der Waals surface area contributed by atoms with Crippen molar-refractivity contribution in [3.63, 3.8) is 0 Å². The van der Waals surface area contributed by atoms with E-state index in [0.717, 1.165) is 4.47 Å². The Morgan fingerprint density at radius 3 is 2.88 bits per heavy atom. The van der Waals surface area contributed by atoms with Crippen LogP contribution in [0.3, 0.4) is 0 Å². The second-order valence-electron chi connectivity index (χ2n) is 3.18. The summed E-state index contributed by atoms with van der Waals surface area (Å²) in [5.41, 5.74) is 2.39. The Morgan fingerprint density at radius 1 is 1.29 bits per heavy atom. The molecule has 0 amide bonds. The average Bonchev–Trinajstić information content (AvgIpc) is 2.34. The van der Waals surface area contributed by atoms with Crippen LogP contribution >= 0.6 is 15.9 Å². The molecule has 0 saturated heterocycles. The van der Waals surface area contributed by atoms with Gasteiger partial charge in [-0.3, -0.25) is 0 Å². The third-order valence-corrected chi connectivity index (χ3v) is 2.47. The second-order valence-corrected chi connectivity index (χ2v) is 4.10. The number of ether oxygens (including phenoxy) is 1. The Labute approximate surface area is 106 Å². The molecule has 1 aromatic heterocycles. The lowest BCUT2D eigenvalue weighted by Gasteiger charge is -2.07. The van der Waals surface area contributed by atoms with Crippen LogP contribution in [0.15, 0.2) is 40.9 Å². The minimum Gasteiger partial charge on any atom is -0.436 e. The monoisotopic (exact) mass is 297 g/mol. The van der Waals surface area contributed by atoms with Gasteiger partial charge in [0.1, 0.15) is 5.82 Å². The fourth-order valence-electron chi connectivity index (χ4n) is 1.22. The lowest BCUT2D eigenvalue weighted by molar-refractivity contribution is 0.427. The smallest absolute Gasteiger partial charge is 0.221 e. The van der Waals surface area contributed by atoms with Gasteiger partial charge >= 0.3 is 0 Å². The molecule has 17 heavy (non-hydrogen) atoms. The molecule has 4 nitrogen and oxygen atoms in total. The Hall–Kier alpha value is -1.66. The van der Waals surface area contributed by atoms with Crippen LogP contribution in [0.25, 0.3) is 0 Å². The van der Waals surface area contributed by atoms with Crippen molar-refractivity contribution >= 4 is 21.7 Å². The molecular weight excluding hydrogens is 289 g/mol. The highest BCUT2D eigenvalue weighted by molar-refractivity contribution is 9.10. The van der Waals surface area contributed by atoms with Crippen molar-refractivity contribution in [2.24, 2.45) is 5.84 Å². The molecule has 3 N–H and O–H groups in total. The van der Waals surface area contributed by atoms with Crippen LogP contribution in [0.4, 0.5) is 10.2 Å². The summed E-state index contributed by atoms with van der Waals surface area (Å²) in [5, 5.41) is 0. The Balaban J connectivity index is 2.27. The van der Waals surface area contributed by atoms with Crippen molar-refractivity contribution < 1.29 is 9.13 Å². The first-order valence-electron chi connectivity index (χ1n) is 4.75. The van der Waals surface area contributed by atoms with E-state index in [9.17, 15) is 4.39 Å². The fourth-order valence-corrected chi connectivity index (χ4v) is 1.56. The van der Waals surface area contributed by atoms with Crippen molar-refractivity contribution in [3.05, 3.63) is 46.7 Å². The Bertz CT molecular complexity index is 536. The maximum Gasteiger partial charge on any atom is 0.221 e. The number of anilines is 1. The van der Waals surface area contributed by atoms with Gasteiger partial charge in [-0.15, -0.1) is 0 Å². The number of nitrogens with two attached hydrogens (primary N) is 1. The van der Waals surface area contributed by atoms with Crippen molar-refractivity contribution in [1.82, 2.24) is 4.98 Å². The lowest BCUT2D eigenvalue weighted by atomic mass is 10.3. The Morgan fingerprint density at radius 2 is 2.12 bits per heavy atom. The molecule has 0 aliphatic rings. The molecule has 2 rings (SSSR count). The van der Waals surface area contributed by atoms with E-state index < -0.39 is 5.82 Å². The fraction of sp³-hybridized carbons (Fsp3) is 0. The number of nitrogens with zero attached hydrogens (tertiary/aromatic N) is 1. The second kappa shape index (κ2) is 5.11. The summed E-state index contributed by atoms with van der Waals surface area (Å²) in [6, 6.07) is 9.41. The molecule has 0 aliphatic carbocycles. The van der Waals surface area contributed by atoms with Gasteiger partial charge in [0.2, 0.25) is 5.88 Å². The van der Waals surface area contributed by atoms with Gasteiger partial charge in [-0.1, -0.05) is 22.0 Å². The number of nitrogen functional groups attached to an aromatic ring is 1. The molecule has 0 fully saturated rings. The van der Waals surface area contributed by atoms with E-state index in [2.05, 4.69) is 26.3 Å². The number of hydrogen-bond acceptors (Lipinski definition) is 4. The summed E-state index contributed by atoms with van der Waals surface area (Å²) in [4.78, 5) is 4.02. The van der Waals surface area contributed by atoms with E-state index in [1.807, 2.05) is 0 Å². The molecule has 0 bridgehead atoms. The summed E-state index contributed by atoms with van der Waals surface area (Å²) in [6.07, 6.45) is 0. The maximum absolute atomic E-state index is 13.4. The van der Waals surface area contributed by atoms with Crippen LogP contribution in [0.2, 0.25) is 0 Å². The van der Waals surface area contributed by atoms with Crippen molar-refractivity contribution in [2.45, 2.75) is 0 Å². The molecular formula is C11H9BrFN3O. The summed E-state index contributed by atoms with van der Waals surface area (Å²) in [6.45, 7) is 0. The van der Waals surface area contributed by atoms with E-state index in [1.165, 1.54) is 12.1 Å². The van der Waals surface area contributed by atoms with Gasteiger partial charge in [0, 0.05) is 10.5 Å². The van der Waals surface area contributed by atoms with Gasteiger partial charge in [0.15, 0.2) is 11.6 Å². The van der Waals surface area contributed by atoms with Crippen LogP contribution in [-0.2, 0) is 0 Å². The topological polar surface area (TPSA) is 60.2 Å². The van der Waals surface area contributed by atoms with E-state index in [1.54, 1.807) is 24.3 Å². The van der Waals surface area contributed by atoms with Gasteiger partial charge in [-0.05, 0) is 24.3 Å². The molecule has 0 unspecified atom stereocenters. The highest BCUT2D eigenvalue weighted by Gasteiger charge is 2.06. The normalized spacial score (nSPS) is 10.1. The van der Waals surface area contributed by atoms with E-state index >= 15 is 0 Å². The minimum absolute atomic E-state index is 0.0982. The first kappa shape index (κ1) is 11.8. The van der Waals surface area contributed by atoms with Crippen molar-refractivity contribution in [1.29, 1.82) is 0 Å². The predicted molar refractivity (Wildman–Crippen MR) is 66.2 cm³/mol. The largest absolute Gasteiger partial charge is 0.436 e. The van der Waals surface area contributed by atoms with E-state index in [4.69, 9.17) is 10.6 Å². The number of hydrogen-bond donors (Lipinski definition) is 2. The van der Waals surface area contributed by atoms with Gasteiger partial charge in [-0.25, -0.2) is 10.2 Å². The third kappa shape index (κ3) is 2.92. The molecule has 0 radical (unpaired) electrons. The summed E-state index contributed by atoms with van der Waals surface area (Å²) in [7, 11) is 0. The maximum atomic E-state index is 13.4. The summed E-state index contributed by atoms with van der Waals surface area (Å²) >= 11 is 3.24. The summed E-state index contributed by atoms with van der Waals surface area (Å²) < 4.78 is 19.5. The number of hydrazine groups is 1. The van der Waals surface area contributed by atoms with Gasteiger partial charge in [-0.2, -0.15) is 4.98 Å². The highest BCUT2D eigenvalue weighted by atomic mass is 79.9. The van der Waals surface area contributed by atoms with Crippen LogP contribution in [0.5, 0.6) is 11.6 Å². The molecule has 1 aromatic carbocycles. The zero-order chi connectivity index (χ0) is 12.3. The van der Waals surface area contributed by atoms with Crippen molar-refractivity contribution in [2.75, 3.05) is 5.43 Å². The first-order chi connectivity index (χ1) is 8.19. The highest BCUT2D eigenvalue weighted by Crippen LogP contribution is 2.26. The van der Waals surface area contributed by atoms with Crippen LogP contribution in [0, 0.1) is 5.82 Å². The first-order valence-corrected chi connectivity index (χ1v) is 5.55. The number of rotatable bonds is 3. The zero-order valence-corrected chi connectivity index (χ0v) is 10.2. The molecule has 6 heteroatoms. The molecule has 0 spiro atoms. The number of halogens is 2. The minimum atomic E-state index is -0.457. The SMILES string of the molecule is NNc1cccc(Oc2cc(Br)ccc2F)n1. The van der Waals surface area contributed by atoms with Crippen LogP contribution < -0.4 is 16.0 Å². The molecule has 1 heterocycles. The lowest BCUT2D eigenvalue weighted by Crippen LogP contribution is -2.08. The average molecular weight is 298 g/mol. The number of benzene rings is 1. The third-order valence-electron chi connectivity index (χ3n) is 1.98. The summed E-state index contributed by atoms with van der Waals surface area (Å²) in [5.74, 6) is 5.56. The molecule has 0 aliphatic heterocycles. The van der Waals surface area contributed by atoms with Crippen molar-refractivity contribution in [3.8, 4) is 11.6 Å². The van der Waals surface area contributed by atoms with Gasteiger partial charge in [0.25, 0.3) is 0 Å². The van der Waals surface area contributed by atoms with Gasteiger partial charge < -0.3 is 10.2 Å².